The van der Waals surface area contributed by atoms with Crippen LogP contribution in [0.25, 0.3) is 0 Å². The second kappa shape index (κ2) is 3.23. The number of piperidine rings is 1. The van der Waals surface area contributed by atoms with Gasteiger partial charge in [0, 0.05) is 0 Å². The van der Waals surface area contributed by atoms with Crippen molar-refractivity contribution in [3.05, 3.63) is 0 Å². The molecule has 1 aliphatic carbocycles. The molecule has 2 fully saturated rings. The zero-order valence-electron chi connectivity index (χ0n) is 9.17. The molecule has 1 saturated heterocycles. The number of esters is 1. The van der Waals surface area contributed by atoms with E-state index in [9.17, 15) is 4.79 Å². The van der Waals surface area contributed by atoms with E-state index in [4.69, 9.17) is 4.74 Å². The molecule has 0 aromatic rings. The van der Waals surface area contributed by atoms with Crippen molar-refractivity contribution < 1.29 is 9.53 Å². The molecule has 3 nitrogen and oxygen atoms in total. The number of nitrogens with one attached hydrogen (secondary N) is 1. The third-order valence-corrected chi connectivity index (χ3v) is 3.05. The smallest absolute Gasteiger partial charge is 0.310 e. The molecule has 0 bridgehead atoms. The first-order valence-electron chi connectivity index (χ1n) is 5.42. The minimum Gasteiger partial charge on any atom is -0.460 e. The number of carbonyl (C=O) groups excluding carboxylic acids is 1. The van der Waals surface area contributed by atoms with Crippen molar-refractivity contribution in [2.24, 2.45) is 17.8 Å². The molecule has 0 aromatic carbocycles. The molecule has 80 valence electrons. The highest BCUT2D eigenvalue weighted by Crippen LogP contribution is 2.50. The highest BCUT2D eigenvalue weighted by molar-refractivity contribution is 5.77. The Morgan fingerprint density at radius 1 is 1.36 bits per heavy atom. The van der Waals surface area contributed by atoms with Crippen molar-refractivity contribution in [2.75, 3.05) is 13.1 Å². The Bertz CT molecular complexity index is 232. The average molecular weight is 197 g/mol. The van der Waals surface area contributed by atoms with Gasteiger partial charge in [-0.15, -0.1) is 0 Å². The van der Waals surface area contributed by atoms with Gasteiger partial charge < -0.3 is 10.1 Å². The van der Waals surface area contributed by atoms with Crippen LogP contribution in [0, 0.1) is 17.8 Å². The molecule has 1 aliphatic heterocycles. The lowest BCUT2D eigenvalue weighted by molar-refractivity contribution is -0.157. The summed E-state index contributed by atoms with van der Waals surface area (Å²) in [6.45, 7) is 7.83. The van der Waals surface area contributed by atoms with E-state index >= 15 is 0 Å². The molecule has 0 aromatic heterocycles. The Balaban J connectivity index is 1.88. The minimum atomic E-state index is -0.337. The van der Waals surface area contributed by atoms with Gasteiger partial charge in [0.2, 0.25) is 0 Å². The third-order valence-electron chi connectivity index (χ3n) is 3.05. The van der Waals surface area contributed by atoms with Crippen LogP contribution in [-0.4, -0.2) is 24.7 Å². The zero-order valence-corrected chi connectivity index (χ0v) is 9.17. The maximum absolute atomic E-state index is 11.7. The van der Waals surface area contributed by atoms with Crippen LogP contribution in [0.3, 0.4) is 0 Å². The van der Waals surface area contributed by atoms with E-state index in [2.05, 4.69) is 5.32 Å². The minimum absolute atomic E-state index is 0.0104. The zero-order chi connectivity index (χ0) is 10.3. The van der Waals surface area contributed by atoms with Gasteiger partial charge in [-0.25, -0.2) is 0 Å². The van der Waals surface area contributed by atoms with Crippen LogP contribution in [0.1, 0.15) is 27.2 Å². The lowest BCUT2D eigenvalue weighted by Gasteiger charge is -2.19. The van der Waals surface area contributed by atoms with Gasteiger partial charge in [-0.2, -0.15) is 0 Å². The van der Waals surface area contributed by atoms with Gasteiger partial charge in [0.1, 0.15) is 5.60 Å². The SMILES string of the molecule is CC(C)(C)OC(=O)[C@@H]1[C@@H]2CCNC[C@@H]21. The molecule has 2 aliphatic rings. The molecule has 0 unspecified atom stereocenters. The Morgan fingerprint density at radius 3 is 2.57 bits per heavy atom. The van der Waals surface area contributed by atoms with Crippen LogP contribution in [0.15, 0.2) is 0 Å². The molecule has 1 N–H and O–H groups in total. The summed E-state index contributed by atoms with van der Waals surface area (Å²) < 4.78 is 5.39. The largest absolute Gasteiger partial charge is 0.460 e. The van der Waals surface area contributed by atoms with E-state index in [0.29, 0.717) is 11.8 Å². The fourth-order valence-corrected chi connectivity index (χ4v) is 2.37. The first kappa shape index (κ1) is 9.97. The van der Waals surface area contributed by atoms with Crippen molar-refractivity contribution in [1.29, 1.82) is 0 Å². The average Bonchev–Trinajstić information content (AvgIpc) is 2.73. The number of carbonyl (C=O) groups is 1. The molecule has 3 atom stereocenters. The lowest BCUT2D eigenvalue weighted by Crippen LogP contribution is -2.26. The van der Waals surface area contributed by atoms with Crippen LogP contribution in [0.2, 0.25) is 0 Å². The molecule has 2 rings (SSSR count). The molecular formula is C11H19NO2. The lowest BCUT2D eigenvalue weighted by atomic mass is 10.2. The van der Waals surface area contributed by atoms with E-state index in [1.165, 1.54) is 0 Å². The van der Waals surface area contributed by atoms with Crippen molar-refractivity contribution in [1.82, 2.24) is 5.32 Å². The summed E-state index contributed by atoms with van der Waals surface area (Å²) in [4.78, 5) is 11.7. The maximum Gasteiger partial charge on any atom is 0.310 e. The van der Waals surface area contributed by atoms with Crippen LogP contribution in [0.5, 0.6) is 0 Å². The number of hydrogen-bond acceptors (Lipinski definition) is 3. The molecule has 14 heavy (non-hydrogen) atoms. The summed E-state index contributed by atoms with van der Waals surface area (Å²) in [5.74, 6) is 1.35. The molecule has 0 spiro atoms. The Labute approximate surface area is 85.2 Å². The molecule has 1 saturated carbocycles. The number of rotatable bonds is 1. The predicted molar refractivity (Wildman–Crippen MR) is 53.8 cm³/mol. The molecule has 0 radical (unpaired) electrons. The Morgan fingerprint density at radius 2 is 2.07 bits per heavy atom. The Hall–Kier alpha value is -0.570. The van der Waals surface area contributed by atoms with Gasteiger partial charge in [0.05, 0.1) is 5.92 Å². The van der Waals surface area contributed by atoms with E-state index in [1.807, 2.05) is 20.8 Å². The summed E-state index contributed by atoms with van der Waals surface area (Å²) in [7, 11) is 0. The van der Waals surface area contributed by atoms with Gasteiger partial charge in [0.15, 0.2) is 0 Å². The predicted octanol–water partition coefficient (Wildman–Crippen LogP) is 1.18. The summed E-state index contributed by atoms with van der Waals surface area (Å²) >= 11 is 0. The van der Waals surface area contributed by atoms with Crippen LogP contribution in [0.4, 0.5) is 0 Å². The topological polar surface area (TPSA) is 38.3 Å². The maximum atomic E-state index is 11.7. The summed E-state index contributed by atoms with van der Waals surface area (Å²) in [5, 5.41) is 3.32. The van der Waals surface area contributed by atoms with E-state index in [1.54, 1.807) is 0 Å². The highest BCUT2D eigenvalue weighted by Gasteiger charge is 2.56. The Kier molecular flexibility index (Phi) is 2.30. The summed E-state index contributed by atoms with van der Waals surface area (Å²) in [5.41, 5.74) is -0.337. The van der Waals surface area contributed by atoms with E-state index in [0.717, 1.165) is 19.5 Å². The van der Waals surface area contributed by atoms with Gasteiger partial charge in [0.25, 0.3) is 0 Å². The number of hydrogen-bond donors (Lipinski definition) is 1. The fraction of sp³-hybridized carbons (Fsp3) is 0.909. The monoisotopic (exact) mass is 197 g/mol. The quantitative estimate of drug-likeness (QED) is 0.642. The van der Waals surface area contributed by atoms with Crippen molar-refractivity contribution in [2.45, 2.75) is 32.8 Å². The molecule has 3 heteroatoms. The molecular weight excluding hydrogens is 178 g/mol. The first-order valence-corrected chi connectivity index (χ1v) is 5.42. The van der Waals surface area contributed by atoms with Crippen molar-refractivity contribution in [3.8, 4) is 0 Å². The second-order valence-electron chi connectivity index (χ2n) is 5.38. The first-order chi connectivity index (χ1) is 6.49. The third kappa shape index (κ3) is 1.92. The van der Waals surface area contributed by atoms with Crippen molar-refractivity contribution >= 4 is 5.97 Å². The van der Waals surface area contributed by atoms with E-state index < -0.39 is 0 Å². The highest BCUT2D eigenvalue weighted by atomic mass is 16.6. The van der Waals surface area contributed by atoms with Gasteiger partial charge in [-0.1, -0.05) is 0 Å². The second-order valence-corrected chi connectivity index (χ2v) is 5.38. The molecule has 0 amide bonds. The normalized spacial score (nSPS) is 36.1. The number of ether oxygens (including phenoxy) is 1. The van der Waals surface area contributed by atoms with Crippen LogP contribution >= 0.6 is 0 Å². The van der Waals surface area contributed by atoms with Crippen LogP contribution < -0.4 is 5.32 Å². The van der Waals surface area contributed by atoms with Crippen molar-refractivity contribution in [3.63, 3.8) is 0 Å². The standard InChI is InChI=1S/C11H19NO2/c1-11(2,3)14-10(13)9-7-4-5-12-6-8(7)9/h7-9,12H,4-6H2,1-3H3/t7-,8+,9-/m1/s1. The van der Waals surface area contributed by atoms with E-state index in [-0.39, 0.29) is 17.5 Å². The number of fused-ring (bicyclic) bond motifs is 1. The van der Waals surface area contributed by atoms with Gasteiger partial charge in [-0.3, -0.25) is 4.79 Å². The fourth-order valence-electron chi connectivity index (χ4n) is 2.37. The van der Waals surface area contributed by atoms with Crippen LogP contribution in [-0.2, 0) is 9.53 Å². The van der Waals surface area contributed by atoms with Gasteiger partial charge in [-0.05, 0) is 52.1 Å². The van der Waals surface area contributed by atoms with Gasteiger partial charge >= 0.3 is 5.97 Å². The summed E-state index contributed by atoms with van der Waals surface area (Å²) in [6.07, 6.45) is 1.13. The molecule has 1 heterocycles. The summed E-state index contributed by atoms with van der Waals surface area (Å²) in [6, 6.07) is 0.